The van der Waals surface area contributed by atoms with E-state index in [1.54, 1.807) is 12.1 Å². The molecule has 0 aliphatic rings. The summed E-state index contributed by atoms with van der Waals surface area (Å²) in [7, 11) is 0. The first-order valence-electron chi connectivity index (χ1n) is 8.57. The maximum Gasteiger partial charge on any atom is 0.251 e. The predicted molar refractivity (Wildman–Crippen MR) is 101 cm³/mol. The third-order valence-electron chi connectivity index (χ3n) is 4.14. The van der Waals surface area contributed by atoms with Gasteiger partial charge in [0.1, 0.15) is 11.3 Å². The van der Waals surface area contributed by atoms with Gasteiger partial charge in [-0.15, -0.1) is 0 Å². The number of aryl methyl sites for hydroxylation is 2. The van der Waals surface area contributed by atoms with Gasteiger partial charge < -0.3 is 15.1 Å². The van der Waals surface area contributed by atoms with E-state index in [1.807, 2.05) is 57.2 Å². The lowest BCUT2D eigenvalue weighted by atomic mass is 10.1. The largest absolute Gasteiger partial charge is 0.459 e. The van der Waals surface area contributed by atoms with E-state index < -0.39 is 0 Å². The van der Waals surface area contributed by atoms with Gasteiger partial charge in [0.25, 0.3) is 5.91 Å². The van der Waals surface area contributed by atoms with Gasteiger partial charge in [-0.05, 0) is 45.0 Å². The van der Waals surface area contributed by atoms with Gasteiger partial charge in [0, 0.05) is 10.9 Å². The monoisotopic (exact) mass is 350 g/mol. The van der Waals surface area contributed by atoms with Crippen LogP contribution in [0.15, 0.2) is 52.9 Å². The van der Waals surface area contributed by atoms with E-state index in [9.17, 15) is 9.59 Å². The number of nitrogens with one attached hydrogen (secondary N) is 2. The Morgan fingerprint density at radius 2 is 1.73 bits per heavy atom. The van der Waals surface area contributed by atoms with Crippen LogP contribution in [0.3, 0.4) is 0 Å². The van der Waals surface area contributed by atoms with Crippen LogP contribution in [0.4, 0.5) is 0 Å². The summed E-state index contributed by atoms with van der Waals surface area (Å²) < 4.78 is 5.75. The molecule has 134 valence electrons. The van der Waals surface area contributed by atoms with Gasteiger partial charge in [0.15, 0.2) is 0 Å². The highest BCUT2D eigenvalue weighted by molar-refractivity contribution is 5.96. The van der Waals surface area contributed by atoms with Crippen molar-refractivity contribution in [3.8, 4) is 0 Å². The van der Waals surface area contributed by atoms with Gasteiger partial charge in [0.05, 0.1) is 12.6 Å². The van der Waals surface area contributed by atoms with Gasteiger partial charge in [-0.1, -0.05) is 35.4 Å². The molecule has 1 unspecified atom stereocenters. The van der Waals surface area contributed by atoms with Gasteiger partial charge in [-0.2, -0.15) is 0 Å². The average molecular weight is 350 g/mol. The average Bonchev–Trinajstić information content (AvgIpc) is 3.03. The summed E-state index contributed by atoms with van der Waals surface area (Å²) in [6, 6.07) is 14.9. The van der Waals surface area contributed by atoms with E-state index >= 15 is 0 Å². The lowest BCUT2D eigenvalue weighted by molar-refractivity contribution is -0.120. The molecule has 0 saturated heterocycles. The van der Waals surface area contributed by atoms with E-state index in [1.165, 1.54) is 0 Å². The molecule has 3 aromatic rings. The Bertz CT molecular complexity index is 906. The number of fused-ring (bicyclic) bond motifs is 1. The Labute approximate surface area is 152 Å². The van der Waals surface area contributed by atoms with Crippen LogP contribution in [0, 0.1) is 13.8 Å². The van der Waals surface area contributed by atoms with E-state index in [4.69, 9.17) is 4.42 Å². The van der Waals surface area contributed by atoms with Crippen molar-refractivity contribution < 1.29 is 14.0 Å². The Kier molecular flexibility index (Phi) is 5.07. The van der Waals surface area contributed by atoms with Gasteiger partial charge in [-0.25, -0.2) is 0 Å². The van der Waals surface area contributed by atoms with Crippen molar-refractivity contribution in [2.24, 2.45) is 0 Å². The van der Waals surface area contributed by atoms with Crippen molar-refractivity contribution in [2.75, 3.05) is 6.54 Å². The number of benzene rings is 2. The molecule has 26 heavy (non-hydrogen) atoms. The van der Waals surface area contributed by atoms with Crippen LogP contribution in [-0.4, -0.2) is 18.4 Å². The SMILES string of the molecule is Cc1cc(C)cc(C(=O)NCC(=O)NC(C)c2cc3ccccc3o2)c1. The van der Waals surface area contributed by atoms with Crippen molar-refractivity contribution in [2.45, 2.75) is 26.8 Å². The molecule has 5 heteroatoms. The molecule has 3 rings (SSSR count). The Morgan fingerprint density at radius 1 is 1.04 bits per heavy atom. The van der Waals surface area contributed by atoms with E-state index in [0.717, 1.165) is 22.1 Å². The molecule has 2 aromatic carbocycles. The first-order valence-corrected chi connectivity index (χ1v) is 8.57. The first kappa shape index (κ1) is 17.7. The summed E-state index contributed by atoms with van der Waals surface area (Å²) in [6.07, 6.45) is 0. The maximum absolute atomic E-state index is 12.2. The van der Waals surface area contributed by atoms with E-state index in [-0.39, 0.29) is 24.4 Å². The fourth-order valence-corrected chi connectivity index (χ4v) is 2.95. The first-order chi connectivity index (χ1) is 12.4. The quantitative estimate of drug-likeness (QED) is 0.738. The molecule has 2 amide bonds. The Hall–Kier alpha value is -3.08. The second-order valence-electron chi connectivity index (χ2n) is 6.53. The number of hydrogen-bond acceptors (Lipinski definition) is 3. The number of carbonyl (C=O) groups is 2. The smallest absolute Gasteiger partial charge is 0.251 e. The van der Waals surface area contributed by atoms with Crippen molar-refractivity contribution in [1.29, 1.82) is 0 Å². The lowest BCUT2D eigenvalue weighted by Crippen LogP contribution is -2.38. The summed E-state index contributed by atoms with van der Waals surface area (Å²) in [5.41, 5.74) is 3.36. The second-order valence-corrected chi connectivity index (χ2v) is 6.53. The minimum Gasteiger partial charge on any atom is -0.459 e. The third-order valence-corrected chi connectivity index (χ3v) is 4.14. The van der Waals surface area contributed by atoms with E-state index in [0.29, 0.717) is 11.3 Å². The van der Waals surface area contributed by atoms with Crippen LogP contribution in [0.2, 0.25) is 0 Å². The fourth-order valence-electron chi connectivity index (χ4n) is 2.95. The highest BCUT2D eigenvalue weighted by atomic mass is 16.3. The van der Waals surface area contributed by atoms with E-state index in [2.05, 4.69) is 10.6 Å². The van der Waals surface area contributed by atoms with Gasteiger partial charge >= 0.3 is 0 Å². The summed E-state index contributed by atoms with van der Waals surface area (Å²) in [5, 5.41) is 6.49. The Balaban J connectivity index is 1.57. The zero-order chi connectivity index (χ0) is 18.7. The van der Waals surface area contributed by atoms with Crippen molar-refractivity contribution in [3.05, 3.63) is 71.0 Å². The fraction of sp³-hybridized carbons (Fsp3) is 0.238. The van der Waals surface area contributed by atoms with Crippen LogP contribution in [-0.2, 0) is 4.79 Å². The summed E-state index contributed by atoms with van der Waals surface area (Å²) in [5.74, 6) is 0.152. The maximum atomic E-state index is 12.2. The number of carbonyl (C=O) groups excluding carboxylic acids is 2. The topological polar surface area (TPSA) is 71.3 Å². The highest BCUT2D eigenvalue weighted by Crippen LogP contribution is 2.23. The van der Waals surface area contributed by atoms with Crippen molar-refractivity contribution in [1.82, 2.24) is 10.6 Å². The number of para-hydroxylation sites is 1. The third kappa shape index (κ3) is 4.11. The number of amides is 2. The Morgan fingerprint density at radius 3 is 2.42 bits per heavy atom. The summed E-state index contributed by atoms with van der Waals surface area (Å²) in [6.45, 7) is 5.63. The normalized spacial score (nSPS) is 12.0. The zero-order valence-electron chi connectivity index (χ0n) is 15.1. The molecule has 0 spiro atoms. The second kappa shape index (κ2) is 7.44. The molecule has 1 aromatic heterocycles. The molecule has 0 aliphatic heterocycles. The van der Waals surface area contributed by atoms with Crippen LogP contribution >= 0.6 is 0 Å². The minimum absolute atomic E-state index is 0.0869. The minimum atomic E-state index is -0.284. The standard InChI is InChI=1S/C21H22N2O3/c1-13-8-14(2)10-17(9-13)21(25)22-12-20(24)23-15(3)19-11-16-6-4-5-7-18(16)26-19/h4-11,15H,12H2,1-3H3,(H,22,25)(H,23,24). The van der Waals surface area contributed by atoms with Gasteiger partial charge in [-0.3, -0.25) is 9.59 Å². The van der Waals surface area contributed by atoms with Crippen LogP contribution < -0.4 is 10.6 Å². The molecule has 0 bridgehead atoms. The molecule has 0 fully saturated rings. The summed E-state index contributed by atoms with van der Waals surface area (Å²) in [4.78, 5) is 24.4. The van der Waals surface area contributed by atoms with Crippen LogP contribution in [0.5, 0.6) is 0 Å². The van der Waals surface area contributed by atoms with Crippen molar-refractivity contribution in [3.63, 3.8) is 0 Å². The number of furan rings is 1. The lowest BCUT2D eigenvalue weighted by Gasteiger charge is -2.12. The molecule has 1 heterocycles. The molecule has 0 radical (unpaired) electrons. The molecule has 0 saturated carbocycles. The predicted octanol–water partition coefficient (Wildman–Crippen LogP) is 3.66. The van der Waals surface area contributed by atoms with Crippen LogP contribution in [0.1, 0.15) is 40.2 Å². The molecular weight excluding hydrogens is 328 g/mol. The summed E-state index contributed by atoms with van der Waals surface area (Å²) >= 11 is 0. The highest BCUT2D eigenvalue weighted by Gasteiger charge is 2.15. The molecule has 1 atom stereocenters. The molecule has 2 N–H and O–H groups in total. The molecule has 0 aliphatic carbocycles. The zero-order valence-corrected chi connectivity index (χ0v) is 15.1. The number of hydrogen-bond donors (Lipinski definition) is 2. The van der Waals surface area contributed by atoms with Gasteiger partial charge in [0.2, 0.25) is 5.91 Å². The van der Waals surface area contributed by atoms with Crippen LogP contribution in [0.25, 0.3) is 11.0 Å². The number of rotatable bonds is 5. The molecule has 5 nitrogen and oxygen atoms in total. The van der Waals surface area contributed by atoms with Crippen molar-refractivity contribution >= 4 is 22.8 Å². The molecular formula is C21H22N2O3.